The van der Waals surface area contributed by atoms with Crippen molar-refractivity contribution in [1.82, 2.24) is 0 Å². The molecule has 0 atom stereocenters. The van der Waals surface area contributed by atoms with Crippen molar-refractivity contribution in [1.29, 1.82) is 5.26 Å². The summed E-state index contributed by atoms with van der Waals surface area (Å²) in [5.41, 5.74) is 0. The molecule has 0 bridgehead atoms. The second kappa shape index (κ2) is 10.2. The first kappa shape index (κ1) is 11.0. The zero-order valence-electron chi connectivity index (χ0n) is 4.98. The van der Waals surface area contributed by atoms with Crippen molar-refractivity contribution >= 4 is 25.3 Å². The Kier molecular flexibility index (Phi) is 14.1. The Morgan fingerprint density at radius 3 is 2.62 bits per heavy atom. The van der Waals surface area contributed by atoms with Crippen LogP contribution in [0.4, 0.5) is 0 Å². The zero-order valence-corrected chi connectivity index (χ0v) is 6.79. The molecule has 0 aliphatic rings. The van der Waals surface area contributed by atoms with Crippen LogP contribution >= 0.6 is 25.3 Å². The second-order valence-corrected chi connectivity index (χ2v) is 2.17. The number of nitriles is 1. The molecule has 0 amide bonds. The molecule has 0 aromatic heterocycles. The highest BCUT2D eigenvalue weighted by atomic mass is 32.2. The van der Waals surface area contributed by atoms with Gasteiger partial charge < -0.3 is 0 Å². The molecule has 0 saturated heterocycles. The molecule has 0 N–H and O–H groups in total. The molecular formula is C5H11NS2. The minimum Gasteiger partial charge on any atom is -0.197 e. The van der Waals surface area contributed by atoms with Crippen LogP contribution in [0.1, 0.15) is 19.8 Å². The fourth-order valence-electron chi connectivity index (χ4n) is 0.262. The molecule has 0 saturated carbocycles. The molecule has 0 aliphatic carbocycles. The van der Waals surface area contributed by atoms with E-state index in [9.17, 15) is 0 Å². The topological polar surface area (TPSA) is 23.8 Å². The molecule has 0 rings (SSSR count). The molecular weight excluding hydrogens is 138 g/mol. The van der Waals surface area contributed by atoms with E-state index in [0.29, 0.717) is 0 Å². The van der Waals surface area contributed by atoms with Gasteiger partial charge in [0.1, 0.15) is 5.40 Å². The standard InChI is InChI=1S/C5H9NS.H2S/c1-2-3-4-7-5-6;/h2-4H2,1H3;1H2. The van der Waals surface area contributed by atoms with Gasteiger partial charge in [-0.2, -0.15) is 18.8 Å². The zero-order chi connectivity index (χ0) is 5.54. The van der Waals surface area contributed by atoms with Crippen LogP contribution in [0.25, 0.3) is 0 Å². The number of hydrogen-bond acceptors (Lipinski definition) is 2. The van der Waals surface area contributed by atoms with Crippen LogP contribution in [0.15, 0.2) is 0 Å². The van der Waals surface area contributed by atoms with Gasteiger partial charge in [-0.25, -0.2) is 0 Å². The highest BCUT2D eigenvalue weighted by Gasteiger charge is 1.80. The molecule has 0 heterocycles. The van der Waals surface area contributed by atoms with Crippen LogP contribution < -0.4 is 0 Å². The van der Waals surface area contributed by atoms with Crippen molar-refractivity contribution in [2.24, 2.45) is 0 Å². The van der Waals surface area contributed by atoms with Crippen molar-refractivity contribution in [3.8, 4) is 5.40 Å². The third kappa shape index (κ3) is 9.50. The van der Waals surface area contributed by atoms with E-state index in [-0.39, 0.29) is 13.5 Å². The van der Waals surface area contributed by atoms with Gasteiger partial charge in [0.2, 0.25) is 0 Å². The van der Waals surface area contributed by atoms with Gasteiger partial charge in [0, 0.05) is 5.75 Å². The molecule has 0 aromatic carbocycles. The van der Waals surface area contributed by atoms with E-state index in [2.05, 4.69) is 6.92 Å². The molecule has 48 valence electrons. The predicted octanol–water partition coefficient (Wildman–Crippen LogP) is 2.11. The van der Waals surface area contributed by atoms with Crippen molar-refractivity contribution in [3.05, 3.63) is 0 Å². The Hall–Kier alpha value is 0.190. The summed E-state index contributed by atoms with van der Waals surface area (Å²) in [7, 11) is 0. The Balaban J connectivity index is 0. The molecule has 0 fully saturated rings. The summed E-state index contributed by atoms with van der Waals surface area (Å²) in [6, 6.07) is 0. The Labute approximate surface area is 61.9 Å². The van der Waals surface area contributed by atoms with Crippen LogP contribution in [0.2, 0.25) is 0 Å². The van der Waals surface area contributed by atoms with Gasteiger partial charge in [-0.3, -0.25) is 0 Å². The Morgan fingerprint density at radius 2 is 2.25 bits per heavy atom. The van der Waals surface area contributed by atoms with E-state index in [1.54, 1.807) is 0 Å². The minimum absolute atomic E-state index is 0. The monoisotopic (exact) mass is 149 g/mol. The van der Waals surface area contributed by atoms with Gasteiger partial charge in [-0.15, -0.1) is 0 Å². The molecule has 0 unspecified atom stereocenters. The van der Waals surface area contributed by atoms with Crippen molar-refractivity contribution < 1.29 is 0 Å². The molecule has 8 heavy (non-hydrogen) atoms. The smallest absolute Gasteiger partial charge is 0.133 e. The Morgan fingerprint density at radius 1 is 1.62 bits per heavy atom. The van der Waals surface area contributed by atoms with Gasteiger partial charge in [0.25, 0.3) is 0 Å². The number of nitrogens with zero attached hydrogens (tertiary/aromatic N) is 1. The summed E-state index contributed by atoms with van der Waals surface area (Å²) in [6.45, 7) is 2.12. The predicted molar refractivity (Wildman–Crippen MR) is 43.4 cm³/mol. The van der Waals surface area contributed by atoms with E-state index >= 15 is 0 Å². The second-order valence-electron chi connectivity index (χ2n) is 1.29. The summed E-state index contributed by atoms with van der Waals surface area (Å²) >= 11 is 1.34. The van der Waals surface area contributed by atoms with Gasteiger partial charge >= 0.3 is 0 Å². The quantitative estimate of drug-likeness (QED) is 0.453. The highest BCUT2D eigenvalue weighted by Crippen LogP contribution is 1.99. The average Bonchev–Trinajstić information content (AvgIpc) is 1.69. The fourth-order valence-corrected chi connectivity index (χ4v) is 0.786. The van der Waals surface area contributed by atoms with E-state index in [1.807, 2.05) is 5.40 Å². The summed E-state index contributed by atoms with van der Waals surface area (Å²) in [4.78, 5) is 0. The lowest BCUT2D eigenvalue weighted by molar-refractivity contribution is 0.898. The fraction of sp³-hybridized carbons (Fsp3) is 0.800. The molecule has 0 radical (unpaired) electrons. The number of unbranched alkanes of at least 4 members (excludes halogenated alkanes) is 1. The van der Waals surface area contributed by atoms with Crippen LogP contribution in [-0.4, -0.2) is 5.75 Å². The summed E-state index contributed by atoms with van der Waals surface area (Å²) in [5.74, 6) is 0.993. The van der Waals surface area contributed by atoms with Crippen LogP contribution in [-0.2, 0) is 0 Å². The third-order valence-electron chi connectivity index (χ3n) is 0.665. The number of hydrogen-bond donors (Lipinski definition) is 0. The van der Waals surface area contributed by atoms with E-state index < -0.39 is 0 Å². The van der Waals surface area contributed by atoms with E-state index in [0.717, 1.165) is 12.2 Å². The van der Waals surface area contributed by atoms with Gasteiger partial charge in [0.05, 0.1) is 0 Å². The highest BCUT2D eigenvalue weighted by molar-refractivity contribution is 8.03. The number of thioether (sulfide) groups is 1. The summed E-state index contributed by atoms with van der Waals surface area (Å²) in [5, 5.41) is 10.0. The molecule has 3 heteroatoms. The van der Waals surface area contributed by atoms with E-state index in [1.165, 1.54) is 18.2 Å². The molecule has 0 spiro atoms. The maximum atomic E-state index is 8.01. The first-order valence-corrected chi connectivity index (χ1v) is 3.41. The van der Waals surface area contributed by atoms with Crippen molar-refractivity contribution in [2.45, 2.75) is 19.8 Å². The summed E-state index contributed by atoms with van der Waals surface area (Å²) < 4.78 is 0. The van der Waals surface area contributed by atoms with Crippen molar-refractivity contribution in [3.63, 3.8) is 0 Å². The summed E-state index contributed by atoms with van der Waals surface area (Å²) in [6.07, 6.45) is 2.35. The van der Waals surface area contributed by atoms with E-state index in [4.69, 9.17) is 5.26 Å². The first-order chi connectivity index (χ1) is 3.41. The lowest BCUT2D eigenvalue weighted by Gasteiger charge is -1.84. The first-order valence-electron chi connectivity index (χ1n) is 2.42. The largest absolute Gasteiger partial charge is 0.197 e. The molecule has 1 nitrogen and oxygen atoms in total. The lowest BCUT2D eigenvalue weighted by atomic mass is 10.4. The maximum Gasteiger partial charge on any atom is 0.133 e. The molecule has 0 aromatic rings. The van der Waals surface area contributed by atoms with Crippen molar-refractivity contribution in [2.75, 3.05) is 5.75 Å². The third-order valence-corrected chi connectivity index (χ3v) is 1.29. The SMILES string of the molecule is CCCCSC#N.S. The lowest BCUT2D eigenvalue weighted by Crippen LogP contribution is -1.71. The van der Waals surface area contributed by atoms with Gasteiger partial charge in [0.15, 0.2) is 0 Å². The van der Waals surface area contributed by atoms with Crippen LogP contribution in [0.3, 0.4) is 0 Å². The maximum absolute atomic E-state index is 8.01. The van der Waals surface area contributed by atoms with Gasteiger partial charge in [-0.05, 0) is 18.2 Å². The van der Waals surface area contributed by atoms with Gasteiger partial charge in [-0.1, -0.05) is 13.3 Å². The number of thiocyanates is 1. The Bertz CT molecular complexity index is 67.3. The average molecular weight is 149 g/mol. The van der Waals surface area contributed by atoms with Crippen LogP contribution in [0, 0.1) is 10.7 Å². The normalized spacial score (nSPS) is 7.00. The molecule has 0 aliphatic heterocycles. The number of rotatable bonds is 3. The minimum atomic E-state index is 0. The van der Waals surface area contributed by atoms with Crippen LogP contribution in [0.5, 0.6) is 0 Å².